The first kappa shape index (κ1) is 31.6. The molecule has 0 radical (unpaired) electrons. The van der Waals surface area contributed by atoms with Gasteiger partial charge in [0.2, 0.25) is 0 Å². The molecule has 0 fully saturated rings. The van der Waals surface area contributed by atoms with Crippen molar-refractivity contribution >= 4 is 17.9 Å². The van der Waals surface area contributed by atoms with Gasteiger partial charge < -0.3 is 18.9 Å². The lowest BCUT2D eigenvalue weighted by atomic mass is 10.1. The van der Waals surface area contributed by atoms with Crippen molar-refractivity contribution in [2.24, 2.45) is 0 Å². The molecule has 0 aliphatic heterocycles. The van der Waals surface area contributed by atoms with Crippen LogP contribution in [0.4, 0.5) is 0 Å². The van der Waals surface area contributed by atoms with Gasteiger partial charge in [0.1, 0.15) is 17.3 Å². The second-order valence-corrected chi connectivity index (χ2v) is 7.65. The Morgan fingerprint density at radius 3 is 1.89 bits per heavy atom. The zero-order valence-electron chi connectivity index (χ0n) is 22.5. The summed E-state index contributed by atoms with van der Waals surface area (Å²) in [7, 11) is 0. The SMILES string of the molecule is C=CC(=O)OCCCCOc1ccc(C(=O)O/C(C=C)=C/C=C(\C)OC(=O)c2ccc(C)cc2)cc1.CC. The number of allylic oxidation sites excluding steroid dienone is 4. The molecule has 0 saturated carbocycles. The van der Waals surface area contributed by atoms with E-state index >= 15 is 0 Å². The van der Waals surface area contributed by atoms with E-state index in [9.17, 15) is 14.4 Å². The van der Waals surface area contributed by atoms with Crippen LogP contribution in [-0.4, -0.2) is 31.1 Å². The molecular formula is C31H36O7. The summed E-state index contributed by atoms with van der Waals surface area (Å²) in [6.45, 7) is 15.3. The van der Waals surface area contributed by atoms with E-state index in [2.05, 4.69) is 13.2 Å². The van der Waals surface area contributed by atoms with Crippen molar-refractivity contribution in [3.63, 3.8) is 0 Å². The van der Waals surface area contributed by atoms with Crippen molar-refractivity contribution in [1.82, 2.24) is 0 Å². The van der Waals surface area contributed by atoms with Crippen LogP contribution in [0.5, 0.6) is 5.75 Å². The predicted molar refractivity (Wildman–Crippen MR) is 148 cm³/mol. The molecule has 0 bridgehead atoms. The Morgan fingerprint density at radius 2 is 1.32 bits per heavy atom. The van der Waals surface area contributed by atoms with Crippen LogP contribution in [0.15, 0.2) is 97.5 Å². The van der Waals surface area contributed by atoms with E-state index in [1.165, 1.54) is 18.2 Å². The van der Waals surface area contributed by atoms with E-state index in [-0.39, 0.29) is 5.76 Å². The van der Waals surface area contributed by atoms with Crippen LogP contribution in [-0.2, 0) is 19.0 Å². The molecule has 0 heterocycles. The summed E-state index contributed by atoms with van der Waals surface area (Å²) in [4.78, 5) is 35.6. The van der Waals surface area contributed by atoms with Crippen molar-refractivity contribution in [2.45, 2.75) is 40.5 Å². The Hall–Kier alpha value is -4.39. The highest BCUT2D eigenvalue weighted by molar-refractivity contribution is 5.91. The average Bonchev–Trinajstić information content (AvgIpc) is 2.94. The van der Waals surface area contributed by atoms with Crippen LogP contribution in [0.2, 0.25) is 0 Å². The maximum atomic E-state index is 12.5. The van der Waals surface area contributed by atoms with Gasteiger partial charge in [-0.25, -0.2) is 14.4 Å². The van der Waals surface area contributed by atoms with E-state index in [1.807, 2.05) is 32.9 Å². The van der Waals surface area contributed by atoms with Gasteiger partial charge in [-0.3, -0.25) is 0 Å². The molecule has 0 amide bonds. The van der Waals surface area contributed by atoms with Gasteiger partial charge in [0, 0.05) is 6.08 Å². The number of unbranched alkanes of at least 4 members (excludes halogenated alkanes) is 1. The molecule has 202 valence electrons. The molecule has 2 rings (SSSR count). The smallest absolute Gasteiger partial charge is 0.343 e. The second kappa shape index (κ2) is 17.9. The van der Waals surface area contributed by atoms with Crippen LogP contribution >= 0.6 is 0 Å². The molecule has 7 heteroatoms. The van der Waals surface area contributed by atoms with Crippen LogP contribution in [0.1, 0.15) is 59.9 Å². The van der Waals surface area contributed by atoms with Crippen molar-refractivity contribution in [3.05, 3.63) is 114 Å². The summed E-state index contributed by atoms with van der Waals surface area (Å²) in [6.07, 6.45) is 6.89. The number of carbonyl (C=O) groups is 3. The minimum absolute atomic E-state index is 0.197. The van der Waals surface area contributed by atoms with Gasteiger partial charge in [0.05, 0.1) is 24.3 Å². The van der Waals surface area contributed by atoms with Gasteiger partial charge in [-0.2, -0.15) is 0 Å². The number of aryl methyl sites for hydroxylation is 1. The molecule has 0 aliphatic carbocycles. The zero-order valence-corrected chi connectivity index (χ0v) is 22.5. The summed E-state index contributed by atoms with van der Waals surface area (Å²) in [5.74, 6) is -0.365. The summed E-state index contributed by atoms with van der Waals surface area (Å²) in [5.41, 5.74) is 1.81. The predicted octanol–water partition coefficient (Wildman–Crippen LogP) is 6.90. The first-order chi connectivity index (χ1) is 18.3. The molecule has 0 aromatic heterocycles. The Labute approximate surface area is 225 Å². The molecule has 7 nitrogen and oxygen atoms in total. The number of esters is 3. The second-order valence-electron chi connectivity index (χ2n) is 7.65. The van der Waals surface area contributed by atoms with Gasteiger partial charge in [0.25, 0.3) is 0 Å². The van der Waals surface area contributed by atoms with Crippen molar-refractivity contribution in [1.29, 1.82) is 0 Å². The molecule has 0 saturated heterocycles. The van der Waals surface area contributed by atoms with Gasteiger partial charge in [0.15, 0.2) is 0 Å². The Bertz CT molecular complexity index is 1120. The molecule has 0 atom stereocenters. The molecule has 0 aliphatic rings. The monoisotopic (exact) mass is 520 g/mol. The molecule has 0 spiro atoms. The third kappa shape index (κ3) is 12.0. The lowest BCUT2D eigenvalue weighted by Crippen LogP contribution is -2.06. The topological polar surface area (TPSA) is 88.1 Å². The number of hydrogen-bond donors (Lipinski definition) is 0. The Morgan fingerprint density at radius 1 is 0.763 bits per heavy atom. The van der Waals surface area contributed by atoms with Gasteiger partial charge in [-0.05, 0) is 81.3 Å². The number of rotatable bonds is 13. The fourth-order valence-corrected chi connectivity index (χ4v) is 2.75. The van der Waals surface area contributed by atoms with E-state index in [1.54, 1.807) is 43.3 Å². The number of benzene rings is 2. The van der Waals surface area contributed by atoms with Crippen LogP contribution in [0, 0.1) is 6.92 Å². The summed E-state index contributed by atoms with van der Waals surface area (Å²) in [5, 5.41) is 0. The molecular weight excluding hydrogens is 484 g/mol. The standard InChI is InChI=1S/C29H30O7.C2H6/c1-5-25(16-11-22(4)35-28(31)23-12-9-21(3)10-13-23)36-29(32)24-14-17-26(18-15-24)33-19-7-8-20-34-27(30)6-2;1-2/h5-6,9-18H,1-2,7-8,19-20H2,3-4H3;1-2H3/b22-11+,25-16+;. The van der Waals surface area contributed by atoms with E-state index in [0.29, 0.717) is 48.7 Å². The number of hydrogen-bond acceptors (Lipinski definition) is 7. The highest BCUT2D eigenvalue weighted by Gasteiger charge is 2.10. The zero-order chi connectivity index (χ0) is 28.3. The first-order valence-corrected chi connectivity index (χ1v) is 12.4. The lowest BCUT2D eigenvalue weighted by molar-refractivity contribution is -0.137. The molecule has 2 aromatic rings. The maximum absolute atomic E-state index is 12.5. The van der Waals surface area contributed by atoms with Gasteiger partial charge >= 0.3 is 17.9 Å². The van der Waals surface area contributed by atoms with Gasteiger partial charge in [-0.15, -0.1) is 0 Å². The Kier molecular flexibility index (Phi) is 14.9. The lowest BCUT2D eigenvalue weighted by Gasteiger charge is -2.08. The van der Waals surface area contributed by atoms with Gasteiger partial charge in [-0.1, -0.05) is 44.7 Å². The van der Waals surface area contributed by atoms with Crippen LogP contribution in [0.3, 0.4) is 0 Å². The molecule has 2 aromatic carbocycles. The largest absolute Gasteiger partial charge is 0.494 e. The van der Waals surface area contributed by atoms with E-state index < -0.39 is 17.9 Å². The average molecular weight is 521 g/mol. The number of carbonyl (C=O) groups excluding carboxylic acids is 3. The fourth-order valence-electron chi connectivity index (χ4n) is 2.75. The Balaban J connectivity index is 0.00000352. The van der Waals surface area contributed by atoms with Crippen molar-refractivity contribution < 1.29 is 33.3 Å². The third-order valence-electron chi connectivity index (χ3n) is 4.74. The first-order valence-electron chi connectivity index (χ1n) is 12.4. The number of ether oxygens (including phenoxy) is 4. The highest BCUT2D eigenvalue weighted by Crippen LogP contribution is 2.15. The van der Waals surface area contributed by atoms with Crippen LogP contribution in [0.25, 0.3) is 0 Å². The summed E-state index contributed by atoms with van der Waals surface area (Å²) in [6, 6.07) is 13.6. The van der Waals surface area contributed by atoms with E-state index in [4.69, 9.17) is 18.9 Å². The normalized spacial score (nSPS) is 10.8. The highest BCUT2D eigenvalue weighted by atomic mass is 16.5. The molecule has 38 heavy (non-hydrogen) atoms. The van der Waals surface area contributed by atoms with Crippen molar-refractivity contribution in [3.8, 4) is 5.75 Å². The quantitative estimate of drug-likeness (QED) is 0.0709. The van der Waals surface area contributed by atoms with Crippen LogP contribution < -0.4 is 4.74 Å². The van der Waals surface area contributed by atoms with Crippen molar-refractivity contribution in [2.75, 3.05) is 13.2 Å². The van der Waals surface area contributed by atoms with E-state index in [0.717, 1.165) is 11.6 Å². The maximum Gasteiger partial charge on any atom is 0.343 e. The minimum Gasteiger partial charge on any atom is -0.494 e. The summed E-state index contributed by atoms with van der Waals surface area (Å²) < 4.78 is 21.2. The minimum atomic E-state index is -0.570. The third-order valence-corrected chi connectivity index (χ3v) is 4.74. The summed E-state index contributed by atoms with van der Waals surface area (Å²) >= 11 is 0. The fraction of sp³-hybridized carbons (Fsp3) is 0.258. The molecule has 0 unspecified atom stereocenters. The molecule has 0 N–H and O–H groups in total.